The summed E-state index contributed by atoms with van der Waals surface area (Å²) in [5.74, 6) is -0.916. The van der Waals surface area contributed by atoms with E-state index in [1.807, 2.05) is 12.1 Å². The van der Waals surface area contributed by atoms with Crippen molar-refractivity contribution in [3.05, 3.63) is 66.2 Å². The fourth-order valence-electron chi connectivity index (χ4n) is 2.15. The Morgan fingerprint density at radius 3 is 2.70 bits per heavy atom. The first-order chi connectivity index (χ1) is 9.65. The number of hydrogen-bond acceptors (Lipinski definition) is 2. The highest BCUT2D eigenvalue weighted by Gasteiger charge is 2.09. The quantitative estimate of drug-likeness (QED) is 0.774. The molecule has 0 fully saturated rings. The molecule has 1 amide bonds. The van der Waals surface area contributed by atoms with Crippen LogP contribution in [-0.2, 0) is 0 Å². The molecule has 3 rings (SSSR count). The van der Waals surface area contributed by atoms with Crippen molar-refractivity contribution in [2.24, 2.45) is 5.73 Å². The molecule has 0 bridgehead atoms. The molecule has 0 aliphatic carbocycles. The van der Waals surface area contributed by atoms with E-state index in [1.165, 1.54) is 12.1 Å². The van der Waals surface area contributed by atoms with Crippen LogP contribution in [0.5, 0.6) is 0 Å². The lowest BCUT2D eigenvalue weighted by molar-refractivity contribution is 0.0997. The summed E-state index contributed by atoms with van der Waals surface area (Å²) in [4.78, 5) is 15.3. The molecule has 0 spiro atoms. The van der Waals surface area contributed by atoms with Crippen LogP contribution < -0.4 is 5.73 Å². The highest BCUT2D eigenvalue weighted by molar-refractivity contribution is 6.05. The zero-order valence-corrected chi connectivity index (χ0v) is 10.4. The van der Waals surface area contributed by atoms with Gasteiger partial charge in [-0.1, -0.05) is 24.3 Å². The van der Waals surface area contributed by atoms with Crippen molar-refractivity contribution >= 4 is 16.7 Å². The predicted molar refractivity (Wildman–Crippen MR) is 74.5 cm³/mol. The number of amides is 1. The number of carbonyl (C=O) groups excluding carboxylic acids is 1. The van der Waals surface area contributed by atoms with Gasteiger partial charge in [-0.3, -0.25) is 4.79 Å². The Morgan fingerprint density at radius 1 is 1.15 bits per heavy atom. The molecule has 0 unspecified atom stereocenters. The van der Waals surface area contributed by atoms with E-state index in [2.05, 4.69) is 11.2 Å². The zero-order valence-electron chi connectivity index (χ0n) is 10.4. The van der Waals surface area contributed by atoms with Gasteiger partial charge in [-0.25, -0.2) is 9.37 Å². The summed E-state index contributed by atoms with van der Waals surface area (Å²) in [5.41, 5.74) is 7.01. The first-order valence-corrected chi connectivity index (χ1v) is 6.02. The number of nitrogens with two attached hydrogens (primary N) is 1. The number of pyridine rings is 1. The predicted octanol–water partition coefficient (Wildman–Crippen LogP) is 2.94. The van der Waals surface area contributed by atoms with E-state index >= 15 is 0 Å². The average Bonchev–Trinajstić information content (AvgIpc) is 2.46. The number of hydrogen-bond donors (Lipinski definition) is 1. The summed E-state index contributed by atoms with van der Waals surface area (Å²) >= 11 is 0. The Balaban J connectivity index is 2.24. The highest BCUT2D eigenvalue weighted by atomic mass is 19.1. The maximum atomic E-state index is 13.3. The van der Waals surface area contributed by atoms with E-state index in [0.29, 0.717) is 5.39 Å². The Labute approximate surface area is 114 Å². The molecule has 4 heteroatoms. The van der Waals surface area contributed by atoms with Crippen LogP contribution in [0.3, 0.4) is 0 Å². The lowest BCUT2D eigenvalue weighted by Crippen LogP contribution is -2.13. The van der Waals surface area contributed by atoms with Crippen molar-refractivity contribution in [3.8, 4) is 11.1 Å². The second kappa shape index (κ2) is 4.74. The van der Waals surface area contributed by atoms with E-state index in [4.69, 9.17) is 5.73 Å². The zero-order chi connectivity index (χ0) is 14.1. The number of rotatable bonds is 2. The van der Waals surface area contributed by atoms with Crippen LogP contribution in [0.2, 0.25) is 0 Å². The molecule has 1 heterocycles. The van der Waals surface area contributed by atoms with Crippen LogP contribution in [-0.4, -0.2) is 10.9 Å². The van der Waals surface area contributed by atoms with Gasteiger partial charge in [-0.05, 0) is 40.8 Å². The summed E-state index contributed by atoms with van der Waals surface area (Å²) in [7, 11) is 0. The molecule has 0 aliphatic rings. The first-order valence-electron chi connectivity index (χ1n) is 6.02. The van der Waals surface area contributed by atoms with Crippen molar-refractivity contribution in [1.82, 2.24) is 4.98 Å². The molecular formula is C16H10FN2O. The lowest BCUT2D eigenvalue weighted by Gasteiger charge is -2.06. The molecule has 0 atom stereocenters. The van der Waals surface area contributed by atoms with Gasteiger partial charge in [0, 0.05) is 5.39 Å². The fraction of sp³-hybridized carbons (Fsp3) is 0. The number of halogens is 1. The molecule has 0 saturated heterocycles. The van der Waals surface area contributed by atoms with E-state index < -0.39 is 5.91 Å². The fourth-order valence-corrected chi connectivity index (χ4v) is 2.15. The number of benzene rings is 2. The molecule has 0 saturated carbocycles. The van der Waals surface area contributed by atoms with Crippen LogP contribution >= 0.6 is 0 Å². The van der Waals surface area contributed by atoms with Crippen LogP contribution in [0, 0.1) is 12.0 Å². The minimum Gasteiger partial charge on any atom is -0.364 e. The van der Waals surface area contributed by atoms with Gasteiger partial charge in [-0.15, -0.1) is 0 Å². The van der Waals surface area contributed by atoms with E-state index in [9.17, 15) is 9.18 Å². The van der Waals surface area contributed by atoms with Gasteiger partial charge in [0.25, 0.3) is 5.91 Å². The van der Waals surface area contributed by atoms with Crippen LogP contribution in [0.25, 0.3) is 21.9 Å². The molecular weight excluding hydrogens is 255 g/mol. The molecule has 2 N–H and O–H groups in total. The highest BCUT2D eigenvalue weighted by Crippen LogP contribution is 2.26. The topological polar surface area (TPSA) is 56.0 Å². The maximum Gasteiger partial charge on any atom is 0.267 e. The first kappa shape index (κ1) is 12.3. The molecule has 3 nitrogen and oxygen atoms in total. The third-order valence-electron chi connectivity index (χ3n) is 3.10. The van der Waals surface area contributed by atoms with E-state index in [0.717, 1.165) is 16.5 Å². The summed E-state index contributed by atoms with van der Waals surface area (Å²) in [6.07, 6.45) is 2.64. The summed E-state index contributed by atoms with van der Waals surface area (Å²) < 4.78 is 13.3. The van der Waals surface area contributed by atoms with Crippen molar-refractivity contribution in [2.75, 3.05) is 0 Å². The third-order valence-corrected chi connectivity index (χ3v) is 3.10. The van der Waals surface area contributed by atoms with Crippen molar-refractivity contribution in [2.45, 2.75) is 0 Å². The van der Waals surface area contributed by atoms with Crippen molar-refractivity contribution in [1.29, 1.82) is 0 Å². The summed E-state index contributed by atoms with van der Waals surface area (Å²) in [6, 6.07) is 13.4. The van der Waals surface area contributed by atoms with Gasteiger partial charge < -0.3 is 5.73 Å². The third kappa shape index (κ3) is 2.12. The average molecular weight is 265 g/mol. The Hall–Kier alpha value is -2.75. The molecule has 2 aromatic carbocycles. The van der Waals surface area contributed by atoms with Crippen LogP contribution in [0.15, 0.2) is 48.5 Å². The van der Waals surface area contributed by atoms with E-state index in [-0.39, 0.29) is 11.5 Å². The molecule has 1 aromatic heterocycles. The number of primary amides is 1. The molecule has 0 aliphatic heterocycles. The molecule has 97 valence electrons. The SMILES string of the molecule is NC(=O)c1n[c]cc2ccc(-c3cccc(F)c3)cc12. The largest absolute Gasteiger partial charge is 0.364 e. The minimum absolute atomic E-state index is 0.167. The van der Waals surface area contributed by atoms with Crippen LogP contribution in [0.4, 0.5) is 4.39 Å². The number of nitrogens with zero attached hydrogens (tertiary/aromatic N) is 1. The Morgan fingerprint density at radius 2 is 1.95 bits per heavy atom. The Kier molecular flexibility index (Phi) is 2.91. The maximum absolute atomic E-state index is 13.3. The van der Waals surface area contributed by atoms with Gasteiger partial charge in [0.2, 0.25) is 0 Å². The van der Waals surface area contributed by atoms with Gasteiger partial charge in [-0.2, -0.15) is 0 Å². The molecule has 3 aromatic rings. The van der Waals surface area contributed by atoms with Gasteiger partial charge in [0.05, 0.1) is 6.20 Å². The van der Waals surface area contributed by atoms with Crippen LogP contribution in [0.1, 0.15) is 10.5 Å². The van der Waals surface area contributed by atoms with Gasteiger partial charge >= 0.3 is 0 Å². The Bertz CT molecular complexity index is 814. The normalized spacial score (nSPS) is 10.7. The second-order valence-corrected chi connectivity index (χ2v) is 4.41. The molecule has 1 radical (unpaired) electrons. The number of fused-ring (bicyclic) bond motifs is 1. The van der Waals surface area contributed by atoms with Gasteiger partial charge in [0.15, 0.2) is 0 Å². The lowest BCUT2D eigenvalue weighted by atomic mass is 10.0. The van der Waals surface area contributed by atoms with E-state index in [1.54, 1.807) is 24.3 Å². The minimum atomic E-state index is -0.608. The monoisotopic (exact) mass is 265 g/mol. The molecule has 20 heavy (non-hydrogen) atoms. The second-order valence-electron chi connectivity index (χ2n) is 4.41. The van der Waals surface area contributed by atoms with Gasteiger partial charge in [0.1, 0.15) is 11.5 Å². The van der Waals surface area contributed by atoms with Crippen molar-refractivity contribution < 1.29 is 9.18 Å². The standard InChI is InChI=1S/C16H10FN2O/c17-13-3-1-2-11(8-13)12-5-4-10-6-7-19-15(16(18)20)14(10)9-12/h1-6,8-9H,(H2,18,20). The smallest absolute Gasteiger partial charge is 0.267 e. The number of aromatic nitrogens is 1. The summed E-state index contributed by atoms with van der Waals surface area (Å²) in [5, 5.41) is 1.45. The summed E-state index contributed by atoms with van der Waals surface area (Å²) in [6.45, 7) is 0. The van der Waals surface area contributed by atoms with Crippen molar-refractivity contribution in [3.63, 3.8) is 0 Å². The number of carbonyl (C=O) groups is 1.